The van der Waals surface area contributed by atoms with Crippen LogP contribution in [-0.2, 0) is 13.0 Å². The summed E-state index contributed by atoms with van der Waals surface area (Å²) < 4.78 is 24.5. The Morgan fingerprint density at radius 3 is 2.51 bits per heavy atom. The Labute approximate surface area is 282 Å². The highest BCUT2D eigenvalue weighted by molar-refractivity contribution is 5.97. The van der Waals surface area contributed by atoms with E-state index in [1.54, 1.807) is 4.57 Å². The van der Waals surface area contributed by atoms with Crippen LogP contribution < -0.4 is 31.6 Å². The Balaban J connectivity index is 1.10. The van der Waals surface area contributed by atoms with Gasteiger partial charge in [0.15, 0.2) is 11.6 Å². The van der Waals surface area contributed by atoms with Crippen molar-refractivity contribution >= 4 is 34.1 Å². The molecule has 2 aromatic heterocycles. The summed E-state index contributed by atoms with van der Waals surface area (Å²) in [5.41, 5.74) is 1.92. The highest BCUT2D eigenvalue weighted by atomic mass is 19.1. The molecule has 1 aliphatic carbocycles. The monoisotopic (exact) mass is 674 g/mol. The van der Waals surface area contributed by atoms with Crippen molar-refractivity contribution in [2.24, 2.45) is 0 Å². The molecule has 1 unspecified atom stereocenters. The van der Waals surface area contributed by atoms with Crippen molar-refractivity contribution in [2.45, 2.75) is 71.5 Å². The number of pyridine rings is 1. The molecule has 0 spiro atoms. The maximum atomic E-state index is 15.8. The standard InChI is InChI=1S/C36H43FN6O6/c1-5-23-16-24(9-8-21(23)2)38-29-18-30(44)42(36(48)39-29)13-7-6-12-40-14-15-41(19-22(40)3)32-28(37)17-26-31(34(32)49-4)43(25-10-11-25)20-27(33(26)45)35(46)47/h8-9,16-18,20,22,25,38H,5-7,10-15,19H2,1-4H3,(H,39,48)(H,46,47). The predicted molar refractivity (Wildman–Crippen MR) is 188 cm³/mol. The van der Waals surface area contributed by atoms with E-state index in [1.165, 1.54) is 35.1 Å². The first kappa shape index (κ1) is 34.0. The van der Waals surface area contributed by atoms with Crippen LogP contribution in [0.3, 0.4) is 0 Å². The fourth-order valence-corrected chi connectivity index (χ4v) is 6.92. The lowest BCUT2D eigenvalue weighted by atomic mass is 10.1. The second-order valence-electron chi connectivity index (χ2n) is 13.1. The molecule has 0 amide bonds. The minimum atomic E-state index is -1.34. The van der Waals surface area contributed by atoms with Crippen LogP contribution >= 0.6 is 0 Å². The van der Waals surface area contributed by atoms with Crippen molar-refractivity contribution in [1.82, 2.24) is 19.0 Å². The van der Waals surface area contributed by atoms with Gasteiger partial charge in [-0.3, -0.25) is 24.0 Å². The minimum Gasteiger partial charge on any atom is -0.492 e. The number of methoxy groups -OCH3 is 1. The van der Waals surface area contributed by atoms with Crippen LogP contribution in [0.4, 0.5) is 21.6 Å². The van der Waals surface area contributed by atoms with Gasteiger partial charge in [-0.15, -0.1) is 0 Å². The SMILES string of the molecule is CCc1cc(Nc2cc(=O)n(CCCCN3CCN(c4c(F)cc5c(=O)c(C(=O)O)cn(C6CC6)c5c4OC)CC3C)c(=O)[nH]2)ccc1C. The zero-order chi connectivity index (χ0) is 35.0. The van der Waals surface area contributed by atoms with Crippen molar-refractivity contribution in [1.29, 1.82) is 0 Å². The number of halogens is 1. The van der Waals surface area contributed by atoms with E-state index in [-0.39, 0.29) is 40.0 Å². The summed E-state index contributed by atoms with van der Waals surface area (Å²) in [4.78, 5) is 57.5. The number of H-pyrrole nitrogens is 1. The molecular weight excluding hydrogens is 631 g/mol. The molecule has 2 aliphatic rings. The van der Waals surface area contributed by atoms with E-state index >= 15 is 4.39 Å². The van der Waals surface area contributed by atoms with Crippen LogP contribution in [0.15, 0.2) is 50.9 Å². The summed E-state index contributed by atoms with van der Waals surface area (Å²) in [6.07, 6.45) is 5.30. The largest absolute Gasteiger partial charge is 0.492 e. The number of piperazine rings is 1. The molecule has 12 nitrogen and oxygen atoms in total. The smallest absolute Gasteiger partial charge is 0.341 e. The van der Waals surface area contributed by atoms with Gasteiger partial charge < -0.3 is 24.6 Å². The van der Waals surface area contributed by atoms with Crippen molar-refractivity contribution in [3.63, 3.8) is 0 Å². The summed E-state index contributed by atoms with van der Waals surface area (Å²) in [5, 5.41) is 12.7. The number of aryl methyl sites for hydroxylation is 2. The van der Waals surface area contributed by atoms with Gasteiger partial charge >= 0.3 is 11.7 Å². The Bertz CT molecular complexity index is 2050. The maximum Gasteiger partial charge on any atom is 0.341 e. The molecule has 3 heterocycles. The zero-order valence-corrected chi connectivity index (χ0v) is 28.3. The third-order valence-electron chi connectivity index (χ3n) is 9.76. The van der Waals surface area contributed by atoms with E-state index in [9.17, 15) is 24.3 Å². The summed E-state index contributed by atoms with van der Waals surface area (Å²) >= 11 is 0. The Hall–Kier alpha value is -4.91. The summed E-state index contributed by atoms with van der Waals surface area (Å²) in [6.45, 7) is 8.89. The third kappa shape index (κ3) is 6.85. The second-order valence-corrected chi connectivity index (χ2v) is 13.1. The highest BCUT2D eigenvalue weighted by Crippen LogP contribution is 2.44. The molecular formula is C36H43FN6O6. The lowest BCUT2D eigenvalue weighted by molar-refractivity contribution is 0.0694. The van der Waals surface area contributed by atoms with Gasteiger partial charge in [0.1, 0.15) is 17.1 Å². The van der Waals surface area contributed by atoms with Gasteiger partial charge in [0.2, 0.25) is 5.43 Å². The van der Waals surface area contributed by atoms with Gasteiger partial charge in [0, 0.05) is 56.2 Å². The molecule has 260 valence electrons. The number of aromatic nitrogens is 3. The third-order valence-corrected chi connectivity index (χ3v) is 9.76. The van der Waals surface area contributed by atoms with Crippen molar-refractivity contribution < 1.29 is 19.0 Å². The second kappa shape index (κ2) is 13.9. The van der Waals surface area contributed by atoms with Crippen molar-refractivity contribution in [3.05, 3.63) is 90.1 Å². The number of carboxylic acid groups (broad SMARTS) is 1. The van der Waals surface area contributed by atoms with Crippen LogP contribution in [-0.4, -0.2) is 69.4 Å². The molecule has 2 aromatic carbocycles. The normalized spacial score (nSPS) is 16.7. The van der Waals surface area contributed by atoms with Crippen molar-refractivity contribution in [2.75, 3.05) is 43.5 Å². The van der Waals surface area contributed by atoms with Gasteiger partial charge in [0.05, 0.1) is 18.0 Å². The highest BCUT2D eigenvalue weighted by Gasteiger charge is 2.33. The van der Waals surface area contributed by atoms with Crippen LogP contribution in [0.5, 0.6) is 5.75 Å². The van der Waals surface area contributed by atoms with Crippen LogP contribution in [0.25, 0.3) is 10.9 Å². The number of fused-ring (bicyclic) bond motifs is 1. The Morgan fingerprint density at radius 2 is 1.86 bits per heavy atom. The molecule has 1 atom stereocenters. The topological polar surface area (TPSA) is 142 Å². The molecule has 0 radical (unpaired) electrons. The molecule has 49 heavy (non-hydrogen) atoms. The van der Waals surface area contributed by atoms with E-state index < -0.39 is 22.9 Å². The van der Waals surface area contributed by atoms with E-state index in [4.69, 9.17) is 4.74 Å². The first-order valence-electron chi connectivity index (χ1n) is 16.9. The summed E-state index contributed by atoms with van der Waals surface area (Å²) in [6, 6.07) is 8.57. The first-order valence-corrected chi connectivity index (χ1v) is 16.9. The average Bonchev–Trinajstić information content (AvgIpc) is 3.91. The molecule has 1 saturated heterocycles. The molecule has 0 bridgehead atoms. The molecule has 4 aromatic rings. The fourth-order valence-electron chi connectivity index (χ4n) is 6.92. The van der Waals surface area contributed by atoms with Crippen LogP contribution in [0, 0.1) is 12.7 Å². The minimum absolute atomic E-state index is 0.00254. The molecule has 1 aliphatic heterocycles. The van der Waals surface area contributed by atoms with Gasteiger partial charge in [-0.2, -0.15) is 0 Å². The number of aromatic amines is 1. The number of hydrogen-bond acceptors (Lipinski definition) is 8. The fraction of sp³-hybridized carbons (Fsp3) is 0.444. The zero-order valence-electron chi connectivity index (χ0n) is 28.3. The lowest BCUT2D eigenvalue weighted by Gasteiger charge is -2.41. The number of hydrogen-bond donors (Lipinski definition) is 3. The van der Waals surface area contributed by atoms with Crippen LogP contribution in [0.2, 0.25) is 0 Å². The summed E-state index contributed by atoms with van der Waals surface area (Å²) in [5.74, 6) is -1.39. The number of nitrogens with zero attached hydrogens (tertiary/aromatic N) is 4. The average molecular weight is 675 g/mol. The number of ether oxygens (including phenoxy) is 1. The van der Waals surface area contributed by atoms with E-state index in [2.05, 4.69) is 29.0 Å². The Kier molecular flexibility index (Phi) is 9.64. The summed E-state index contributed by atoms with van der Waals surface area (Å²) in [7, 11) is 1.44. The number of unbranched alkanes of at least 4 members (excludes halogenated alkanes) is 1. The number of carbonyl (C=O) groups is 1. The number of benzene rings is 2. The number of carboxylic acids is 1. The predicted octanol–water partition coefficient (Wildman–Crippen LogP) is 4.64. The number of rotatable bonds is 12. The number of nitrogens with one attached hydrogen (secondary N) is 2. The van der Waals surface area contributed by atoms with E-state index in [0.29, 0.717) is 43.9 Å². The molecule has 2 fully saturated rings. The molecule has 13 heteroatoms. The number of anilines is 3. The molecule has 6 rings (SSSR count). The van der Waals surface area contributed by atoms with E-state index in [1.807, 2.05) is 30.0 Å². The molecule has 1 saturated carbocycles. The van der Waals surface area contributed by atoms with Gasteiger partial charge in [-0.1, -0.05) is 13.0 Å². The van der Waals surface area contributed by atoms with Gasteiger partial charge in [-0.05, 0) is 81.8 Å². The molecule has 3 N–H and O–H groups in total. The Morgan fingerprint density at radius 1 is 1.10 bits per heavy atom. The van der Waals surface area contributed by atoms with Crippen LogP contribution in [0.1, 0.15) is 67.1 Å². The number of aromatic carboxylic acids is 1. The van der Waals surface area contributed by atoms with Crippen molar-refractivity contribution in [3.8, 4) is 5.75 Å². The van der Waals surface area contributed by atoms with Gasteiger partial charge in [0.25, 0.3) is 5.56 Å². The van der Waals surface area contributed by atoms with E-state index in [0.717, 1.165) is 44.0 Å². The first-order chi connectivity index (χ1) is 23.5. The van der Waals surface area contributed by atoms with Gasteiger partial charge in [-0.25, -0.2) is 14.0 Å². The quantitative estimate of drug-likeness (QED) is 0.183. The maximum absolute atomic E-state index is 15.8. The lowest BCUT2D eigenvalue weighted by Crippen LogP contribution is -2.52.